The lowest BCUT2D eigenvalue weighted by atomic mass is 10.2. The molecule has 0 saturated heterocycles. The first-order valence-corrected chi connectivity index (χ1v) is 7.83. The molecule has 0 saturated carbocycles. The predicted molar refractivity (Wildman–Crippen MR) is 83.4 cm³/mol. The molecular weight excluding hydrogens is 406 g/mol. The number of ether oxygens (including phenoxy) is 1. The van der Waals surface area contributed by atoms with E-state index >= 15 is 0 Å². The third-order valence-corrected chi connectivity index (χ3v) is 3.90. The van der Waals surface area contributed by atoms with E-state index in [0.717, 1.165) is 18.8 Å². The number of hydrogen-bond acceptors (Lipinski definition) is 4. The van der Waals surface area contributed by atoms with Gasteiger partial charge in [0.2, 0.25) is 0 Å². The van der Waals surface area contributed by atoms with E-state index in [1.807, 2.05) is 0 Å². The molecule has 0 amide bonds. The van der Waals surface area contributed by atoms with Crippen molar-refractivity contribution >= 4 is 37.8 Å². The predicted octanol–water partition coefficient (Wildman–Crippen LogP) is 3.49. The lowest BCUT2D eigenvalue weighted by Crippen LogP contribution is -2.09. The van der Waals surface area contributed by atoms with E-state index in [2.05, 4.69) is 48.9 Å². The van der Waals surface area contributed by atoms with Crippen LogP contribution in [0.25, 0.3) is 0 Å². The number of carboxylic acid groups (broad SMARTS) is 1. The molecular formula is C13H13Br2N3O3. The molecule has 0 aliphatic rings. The highest BCUT2D eigenvalue weighted by atomic mass is 79.9. The van der Waals surface area contributed by atoms with Crippen LogP contribution in [-0.2, 0) is 13.2 Å². The number of benzene rings is 1. The molecule has 0 fully saturated rings. The summed E-state index contributed by atoms with van der Waals surface area (Å²) in [5, 5.41) is 13.1. The number of aromatic carboxylic acids is 1. The number of aryl methyl sites for hydroxylation is 1. The van der Waals surface area contributed by atoms with Crippen LogP contribution in [-0.4, -0.2) is 25.8 Å². The van der Waals surface area contributed by atoms with Gasteiger partial charge >= 0.3 is 5.97 Å². The van der Waals surface area contributed by atoms with E-state index in [1.165, 1.54) is 18.5 Å². The largest absolute Gasteiger partial charge is 0.483 e. The molecule has 0 spiro atoms. The molecule has 2 rings (SSSR count). The molecule has 2 aromatic rings. The zero-order valence-corrected chi connectivity index (χ0v) is 14.4. The van der Waals surface area contributed by atoms with Crippen molar-refractivity contribution < 1.29 is 14.6 Å². The van der Waals surface area contributed by atoms with Crippen molar-refractivity contribution in [3.05, 3.63) is 38.8 Å². The summed E-state index contributed by atoms with van der Waals surface area (Å²) in [6, 6.07) is 3.00. The van der Waals surface area contributed by atoms with Crippen LogP contribution in [0.15, 0.2) is 27.4 Å². The van der Waals surface area contributed by atoms with Crippen molar-refractivity contribution in [2.75, 3.05) is 0 Å². The molecule has 1 heterocycles. The average Bonchev–Trinajstić information content (AvgIpc) is 2.85. The molecule has 6 nitrogen and oxygen atoms in total. The lowest BCUT2D eigenvalue weighted by Gasteiger charge is -2.11. The van der Waals surface area contributed by atoms with E-state index in [9.17, 15) is 4.79 Å². The Balaban J connectivity index is 2.16. The summed E-state index contributed by atoms with van der Waals surface area (Å²) in [5.41, 5.74) is 0.176. The van der Waals surface area contributed by atoms with Crippen LogP contribution in [0.1, 0.15) is 29.5 Å². The van der Waals surface area contributed by atoms with E-state index in [1.54, 1.807) is 4.68 Å². The Kier molecular flexibility index (Phi) is 5.35. The van der Waals surface area contributed by atoms with Gasteiger partial charge in [-0.2, -0.15) is 5.10 Å². The molecule has 21 heavy (non-hydrogen) atoms. The van der Waals surface area contributed by atoms with Gasteiger partial charge in [0.1, 0.15) is 18.7 Å². The molecule has 0 unspecified atom stereocenters. The normalized spacial score (nSPS) is 10.6. The number of rotatable bonds is 6. The molecule has 0 aliphatic heterocycles. The van der Waals surface area contributed by atoms with Gasteiger partial charge in [-0.05, 0) is 50.4 Å². The summed E-state index contributed by atoms with van der Waals surface area (Å²) in [4.78, 5) is 15.1. The fourth-order valence-electron chi connectivity index (χ4n) is 1.76. The smallest absolute Gasteiger partial charge is 0.335 e. The van der Waals surface area contributed by atoms with Crippen LogP contribution in [0, 0.1) is 0 Å². The van der Waals surface area contributed by atoms with Gasteiger partial charge in [-0.1, -0.05) is 6.92 Å². The fourth-order valence-corrected chi connectivity index (χ4v) is 3.17. The maximum atomic E-state index is 11.0. The summed E-state index contributed by atoms with van der Waals surface area (Å²) < 4.78 is 8.64. The maximum absolute atomic E-state index is 11.0. The van der Waals surface area contributed by atoms with Gasteiger partial charge in [0.25, 0.3) is 0 Å². The van der Waals surface area contributed by atoms with Gasteiger partial charge in [-0.3, -0.25) is 0 Å². The van der Waals surface area contributed by atoms with Crippen LogP contribution in [0.4, 0.5) is 0 Å². The van der Waals surface area contributed by atoms with Gasteiger partial charge < -0.3 is 9.84 Å². The Morgan fingerprint density at radius 1 is 1.38 bits per heavy atom. The quantitative estimate of drug-likeness (QED) is 0.776. The van der Waals surface area contributed by atoms with Crippen molar-refractivity contribution in [1.82, 2.24) is 14.8 Å². The molecule has 0 aliphatic carbocycles. The molecule has 1 aromatic heterocycles. The number of nitrogens with zero attached hydrogens (tertiary/aromatic N) is 3. The first-order valence-electron chi connectivity index (χ1n) is 6.24. The molecule has 1 aromatic carbocycles. The molecule has 0 bridgehead atoms. The minimum Gasteiger partial charge on any atom is -0.483 e. The van der Waals surface area contributed by atoms with Crippen molar-refractivity contribution in [2.24, 2.45) is 0 Å². The summed E-state index contributed by atoms with van der Waals surface area (Å²) in [6.07, 6.45) is 2.45. The molecule has 0 radical (unpaired) electrons. The first-order chi connectivity index (χ1) is 10.0. The zero-order chi connectivity index (χ0) is 15.4. The van der Waals surface area contributed by atoms with E-state index in [-0.39, 0.29) is 12.2 Å². The molecule has 0 atom stereocenters. The highest BCUT2D eigenvalue weighted by Gasteiger charge is 2.14. The Hall–Kier alpha value is -1.41. The Morgan fingerprint density at radius 2 is 2.05 bits per heavy atom. The molecule has 1 N–H and O–H groups in total. The fraction of sp³-hybridized carbons (Fsp3) is 0.308. The van der Waals surface area contributed by atoms with Crippen LogP contribution in [0.2, 0.25) is 0 Å². The van der Waals surface area contributed by atoms with E-state index in [4.69, 9.17) is 9.84 Å². The van der Waals surface area contributed by atoms with Crippen molar-refractivity contribution in [2.45, 2.75) is 26.5 Å². The van der Waals surface area contributed by atoms with Crippen LogP contribution in [0.3, 0.4) is 0 Å². The maximum Gasteiger partial charge on any atom is 0.335 e. The Morgan fingerprint density at radius 3 is 2.62 bits per heavy atom. The Bertz CT molecular complexity index is 635. The first kappa shape index (κ1) is 16.0. The van der Waals surface area contributed by atoms with Crippen molar-refractivity contribution in [1.29, 1.82) is 0 Å². The summed E-state index contributed by atoms with van der Waals surface area (Å²) in [6.45, 7) is 3.09. The van der Waals surface area contributed by atoms with Crippen molar-refractivity contribution in [3.63, 3.8) is 0 Å². The van der Waals surface area contributed by atoms with E-state index in [0.29, 0.717) is 14.7 Å². The van der Waals surface area contributed by atoms with Gasteiger partial charge in [0.15, 0.2) is 5.82 Å². The number of hydrogen-bond donors (Lipinski definition) is 1. The monoisotopic (exact) mass is 417 g/mol. The SMILES string of the molecule is CCCn1ncnc1COc1c(Br)cc(C(=O)O)cc1Br. The summed E-state index contributed by atoms with van der Waals surface area (Å²) in [5.74, 6) is 0.259. The average molecular weight is 419 g/mol. The standard InChI is InChI=1S/C13H13Br2N3O3/c1-2-3-18-11(16-7-17-18)6-21-12-9(14)4-8(13(19)20)5-10(12)15/h4-5,7H,2-3,6H2,1H3,(H,19,20). The second-order valence-electron chi connectivity index (χ2n) is 4.26. The summed E-state index contributed by atoms with van der Waals surface area (Å²) >= 11 is 6.64. The summed E-state index contributed by atoms with van der Waals surface area (Å²) in [7, 11) is 0. The zero-order valence-electron chi connectivity index (χ0n) is 11.2. The van der Waals surface area contributed by atoms with Gasteiger partial charge in [0, 0.05) is 6.54 Å². The third-order valence-electron chi connectivity index (χ3n) is 2.72. The second-order valence-corrected chi connectivity index (χ2v) is 5.97. The highest BCUT2D eigenvalue weighted by molar-refractivity contribution is 9.11. The molecule has 8 heteroatoms. The molecule has 112 valence electrons. The second kappa shape index (κ2) is 7.04. The number of halogens is 2. The topological polar surface area (TPSA) is 77.2 Å². The van der Waals surface area contributed by atoms with Crippen LogP contribution in [0.5, 0.6) is 5.75 Å². The lowest BCUT2D eigenvalue weighted by molar-refractivity contribution is 0.0696. The minimum absolute atomic E-state index is 0.176. The van der Waals surface area contributed by atoms with E-state index < -0.39 is 5.97 Å². The third kappa shape index (κ3) is 3.82. The minimum atomic E-state index is -0.995. The number of carbonyl (C=O) groups is 1. The number of carboxylic acids is 1. The highest BCUT2D eigenvalue weighted by Crippen LogP contribution is 2.35. The Labute approximate surface area is 138 Å². The van der Waals surface area contributed by atoms with Crippen LogP contribution >= 0.6 is 31.9 Å². The van der Waals surface area contributed by atoms with Gasteiger partial charge in [-0.15, -0.1) is 0 Å². The van der Waals surface area contributed by atoms with Gasteiger partial charge in [0.05, 0.1) is 14.5 Å². The number of aromatic nitrogens is 3. The van der Waals surface area contributed by atoms with Gasteiger partial charge in [-0.25, -0.2) is 14.5 Å². The van der Waals surface area contributed by atoms with Crippen LogP contribution < -0.4 is 4.74 Å². The van der Waals surface area contributed by atoms with Crippen molar-refractivity contribution in [3.8, 4) is 5.75 Å².